The molecule has 0 unspecified atom stereocenters. The number of ketones is 1. The summed E-state index contributed by atoms with van der Waals surface area (Å²) >= 11 is 0. The zero-order valence-corrected chi connectivity index (χ0v) is 15.5. The standard InChI is InChI=1S/C20H16FN3O5/c1-10(25)19(27)24-18-14-8-12(7-11-3-5-13(21)6-4-11)9-22-15(14)17(26)16(23-18)20(28)29-2/h3-6,8-9,26H,7H2,1-2H3,(H,23,24,27). The first kappa shape index (κ1) is 19.9. The molecule has 2 N–H and O–H groups in total. The number of carbonyl (C=O) groups excluding carboxylic acids is 3. The molecule has 2 heterocycles. The molecule has 0 radical (unpaired) electrons. The number of ether oxygens (including phenoxy) is 1. The van der Waals surface area contributed by atoms with Crippen molar-refractivity contribution in [1.29, 1.82) is 0 Å². The lowest BCUT2D eigenvalue weighted by Gasteiger charge is -2.12. The minimum Gasteiger partial charge on any atom is -0.504 e. The number of rotatable bonds is 5. The molecule has 2 aromatic heterocycles. The van der Waals surface area contributed by atoms with Gasteiger partial charge in [0.05, 0.1) is 7.11 Å². The monoisotopic (exact) mass is 397 g/mol. The first-order chi connectivity index (χ1) is 13.8. The Balaban J connectivity index is 2.12. The van der Waals surface area contributed by atoms with Gasteiger partial charge in [0.15, 0.2) is 11.4 Å². The van der Waals surface area contributed by atoms with E-state index >= 15 is 0 Å². The minimum absolute atomic E-state index is 0.00195. The molecule has 0 aliphatic rings. The fourth-order valence-corrected chi connectivity index (χ4v) is 2.68. The molecule has 1 aromatic carbocycles. The van der Waals surface area contributed by atoms with Crippen LogP contribution in [0.15, 0.2) is 36.5 Å². The van der Waals surface area contributed by atoms with Gasteiger partial charge in [0.2, 0.25) is 5.78 Å². The summed E-state index contributed by atoms with van der Waals surface area (Å²) in [6.07, 6.45) is 1.87. The Morgan fingerprint density at radius 1 is 1.17 bits per heavy atom. The van der Waals surface area contributed by atoms with E-state index in [9.17, 15) is 23.9 Å². The van der Waals surface area contributed by atoms with Crippen molar-refractivity contribution in [3.05, 3.63) is 59.2 Å². The van der Waals surface area contributed by atoms with Gasteiger partial charge in [-0.1, -0.05) is 12.1 Å². The summed E-state index contributed by atoms with van der Waals surface area (Å²) in [5.74, 6) is -3.62. The van der Waals surface area contributed by atoms with Crippen LogP contribution in [0.4, 0.5) is 10.2 Å². The van der Waals surface area contributed by atoms with Crippen LogP contribution in [-0.4, -0.2) is 39.8 Å². The second-order valence-corrected chi connectivity index (χ2v) is 6.20. The van der Waals surface area contributed by atoms with Crippen LogP contribution < -0.4 is 5.32 Å². The summed E-state index contributed by atoms with van der Waals surface area (Å²) in [4.78, 5) is 43.2. The quantitative estimate of drug-likeness (QED) is 0.501. The highest BCUT2D eigenvalue weighted by Crippen LogP contribution is 2.32. The van der Waals surface area contributed by atoms with Crippen LogP contribution in [0.2, 0.25) is 0 Å². The van der Waals surface area contributed by atoms with E-state index in [-0.39, 0.29) is 22.5 Å². The van der Waals surface area contributed by atoms with Crippen molar-refractivity contribution in [3.8, 4) is 5.75 Å². The molecule has 1 amide bonds. The molecule has 8 nitrogen and oxygen atoms in total. The maximum atomic E-state index is 13.1. The highest BCUT2D eigenvalue weighted by Gasteiger charge is 2.22. The molecule has 0 aliphatic carbocycles. The Kier molecular flexibility index (Phi) is 5.49. The van der Waals surface area contributed by atoms with Crippen molar-refractivity contribution < 1.29 is 28.6 Å². The molecular formula is C20H16FN3O5. The molecule has 0 spiro atoms. The average molecular weight is 397 g/mol. The number of anilines is 1. The van der Waals surface area contributed by atoms with E-state index in [1.165, 1.54) is 18.3 Å². The predicted molar refractivity (Wildman–Crippen MR) is 101 cm³/mol. The van der Waals surface area contributed by atoms with Crippen molar-refractivity contribution >= 4 is 34.4 Å². The van der Waals surface area contributed by atoms with Crippen molar-refractivity contribution in [2.24, 2.45) is 0 Å². The summed E-state index contributed by atoms with van der Waals surface area (Å²) in [5, 5.41) is 12.9. The molecule has 0 saturated carbocycles. The number of fused-ring (bicyclic) bond motifs is 1. The number of nitrogens with one attached hydrogen (secondary N) is 1. The van der Waals surface area contributed by atoms with Gasteiger partial charge in [-0.2, -0.15) is 0 Å². The van der Waals surface area contributed by atoms with E-state index < -0.39 is 29.1 Å². The van der Waals surface area contributed by atoms with E-state index in [2.05, 4.69) is 20.0 Å². The molecule has 29 heavy (non-hydrogen) atoms. The largest absolute Gasteiger partial charge is 0.504 e. The molecule has 0 aliphatic heterocycles. The second-order valence-electron chi connectivity index (χ2n) is 6.20. The number of aromatic nitrogens is 2. The Morgan fingerprint density at radius 2 is 1.86 bits per heavy atom. The summed E-state index contributed by atoms with van der Waals surface area (Å²) in [6, 6.07) is 7.51. The fraction of sp³-hybridized carbons (Fsp3) is 0.150. The molecular weight excluding hydrogens is 381 g/mol. The summed E-state index contributed by atoms with van der Waals surface area (Å²) in [5.41, 5.74) is 1.04. The molecule has 0 fully saturated rings. The van der Waals surface area contributed by atoms with Crippen LogP contribution in [0.25, 0.3) is 10.9 Å². The third-order valence-corrected chi connectivity index (χ3v) is 4.12. The maximum absolute atomic E-state index is 13.1. The Morgan fingerprint density at radius 3 is 2.48 bits per heavy atom. The Bertz CT molecular complexity index is 1130. The molecule has 9 heteroatoms. The second kappa shape index (κ2) is 8.01. The van der Waals surface area contributed by atoms with Crippen LogP contribution in [0.5, 0.6) is 5.75 Å². The third kappa shape index (κ3) is 4.18. The molecule has 3 rings (SSSR count). The smallest absolute Gasteiger partial charge is 0.360 e. The van der Waals surface area contributed by atoms with Crippen LogP contribution in [0.3, 0.4) is 0 Å². The number of benzene rings is 1. The van der Waals surface area contributed by atoms with E-state index in [0.717, 1.165) is 19.6 Å². The number of hydrogen-bond donors (Lipinski definition) is 2. The predicted octanol–water partition coefficient (Wildman–Crippen LogP) is 2.38. The SMILES string of the molecule is COC(=O)c1nc(NC(=O)C(C)=O)c2cc(Cc3ccc(F)cc3)cnc2c1O. The summed E-state index contributed by atoms with van der Waals surface area (Å²) in [7, 11) is 1.11. The Labute approximate surface area is 164 Å². The number of hydrogen-bond acceptors (Lipinski definition) is 7. The summed E-state index contributed by atoms with van der Waals surface area (Å²) in [6.45, 7) is 1.08. The number of carbonyl (C=O) groups is 3. The highest BCUT2D eigenvalue weighted by molar-refractivity contribution is 6.40. The van der Waals surface area contributed by atoms with Gasteiger partial charge in [0.1, 0.15) is 17.2 Å². The van der Waals surface area contributed by atoms with Crippen LogP contribution in [-0.2, 0) is 20.7 Å². The van der Waals surface area contributed by atoms with Crippen molar-refractivity contribution in [1.82, 2.24) is 9.97 Å². The lowest BCUT2D eigenvalue weighted by Crippen LogP contribution is -2.21. The normalized spacial score (nSPS) is 10.6. The third-order valence-electron chi connectivity index (χ3n) is 4.12. The number of pyridine rings is 2. The zero-order valence-electron chi connectivity index (χ0n) is 15.5. The van der Waals surface area contributed by atoms with E-state index in [0.29, 0.717) is 12.0 Å². The highest BCUT2D eigenvalue weighted by atomic mass is 19.1. The van der Waals surface area contributed by atoms with Crippen LogP contribution >= 0.6 is 0 Å². The van der Waals surface area contributed by atoms with Crippen LogP contribution in [0.1, 0.15) is 28.5 Å². The van der Waals surface area contributed by atoms with E-state index in [4.69, 9.17) is 0 Å². The maximum Gasteiger partial charge on any atom is 0.360 e. The van der Waals surface area contributed by atoms with Gasteiger partial charge in [0, 0.05) is 18.5 Å². The number of amides is 1. The first-order valence-electron chi connectivity index (χ1n) is 8.46. The van der Waals surface area contributed by atoms with Gasteiger partial charge in [-0.3, -0.25) is 14.6 Å². The number of halogens is 1. The number of Topliss-reactive ketones (excluding diaryl/α,β-unsaturated/α-hetero) is 1. The lowest BCUT2D eigenvalue weighted by molar-refractivity contribution is -0.133. The molecule has 148 valence electrons. The van der Waals surface area contributed by atoms with Crippen molar-refractivity contribution in [2.45, 2.75) is 13.3 Å². The van der Waals surface area contributed by atoms with E-state index in [1.54, 1.807) is 18.2 Å². The molecule has 0 saturated heterocycles. The molecule has 0 atom stereocenters. The lowest BCUT2D eigenvalue weighted by atomic mass is 10.0. The van der Waals surface area contributed by atoms with Gasteiger partial charge in [-0.25, -0.2) is 14.2 Å². The number of methoxy groups -OCH3 is 1. The minimum atomic E-state index is -0.941. The van der Waals surface area contributed by atoms with Crippen LogP contribution in [0, 0.1) is 5.82 Å². The average Bonchev–Trinajstić information content (AvgIpc) is 2.71. The number of esters is 1. The van der Waals surface area contributed by atoms with Gasteiger partial charge < -0.3 is 15.2 Å². The topological polar surface area (TPSA) is 118 Å². The molecule has 3 aromatic rings. The number of nitrogens with zero attached hydrogens (tertiary/aromatic N) is 2. The summed E-state index contributed by atoms with van der Waals surface area (Å²) < 4.78 is 17.7. The number of aromatic hydroxyl groups is 1. The first-order valence-corrected chi connectivity index (χ1v) is 8.46. The van der Waals surface area contributed by atoms with Gasteiger partial charge in [0.25, 0.3) is 5.91 Å². The zero-order chi connectivity index (χ0) is 21.1. The van der Waals surface area contributed by atoms with E-state index in [1.807, 2.05) is 0 Å². The van der Waals surface area contributed by atoms with Crippen molar-refractivity contribution in [3.63, 3.8) is 0 Å². The van der Waals surface area contributed by atoms with Gasteiger partial charge in [-0.15, -0.1) is 0 Å². The van der Waals surface area contributed by atoms with Gasteiger partial charge >= 0.3 is 5.97 Å². The fourth-order valence-electron chi connectivity index (χ4n) is 2.68. The Hall–Kier alpha value is -3.88. The molecule has 0 bridgehead atoms. The van der Waals surface area contributed by atoms with Gasteiger partial charge in [-0.05, 0) is 35.7 Å². The van der Waals surface area contributed by atoms with Crippen molar-refractivity contribution in [2.75, 3.05) is 12.4 Å².